The summed E-state index contributed by atoms with van der Waals surface area (Å²) in [7, 11) is 0. The molecule has 3 rings (SSSR count). The van der Waals surface area contributed by atoms with Gasteiger partial charge in [-0.3, -0.25) is 4.79 Å². The molecular formula is C16H15FN2O. The lowest BCUT2D eigenvalue weighted by atomic mass is 10.00. The Labute approximate surface area is 116 Å². The van der Waals surface area contributed by atoms with Crippen LogP contribution in [0.1, 0.15) is 22.3 Å². The SMILES string of the molecule is Nc1ccc2c(c1)CCCN2C(=O)c1ccccc1F. The number of carbonyl (C=O) groups excluding carboxylic acids is 1. The van der Waals surface area contributed by atoms with Gasteiger partial charge in [-0.1, -0.05) is 12.1 Å². The Bertz CT molecular complexity index is 669. The normalized spacial score (nSPS) is 13.9. The number of rotatable bonds is 1. The molecule has 0 saturated carbocycles. The third-order valence-corrected chi connectivity index (χ3v) is 3.57. The lowest BCUT2D eigenvalue weighted by molar-refractivity contribution is 0.0981. The van der Waals surface area contributed by atoms with Crippen LogP contribution in [-0.2, 0) is 6.42 Å². The number of halogens is 1. The molecule has 2 aromatic carbocycles. The monoisotopic (exact) mass is 270 g/mol. The number of nitrogens with two attached hydrogens (primary N) is 1. The summed E-state index contributed by atoms with van der Waals surface area (Å²) in [6.07, 6.45) is 1.75. The van der Waals surface area contributed by atoms with Crippen molar-refractivity contribution in [2.24, 2.45) is 0 Å². The van der Waals surface area contributed by atoms with Gasteiger partial charge in [0, 0.05) is 17.9 Å². The van der Waals surface area contributed by atoms with Crippen LogP contribution in [0.2, 0.25) is 0 Å². The number of nitrogens with zero attached hydrogens (tertiary/aromatic N) is 1. The van der Waals surface area contributed by atoms with E-state index in [1.807, 2.05) is 12.1 Å². The highest BCUT2D eigenvalue weighted by Crippen LogP contribution is 2.30. The topological polar surface area (TPSA) is 46.3 Å². The lowest BCUT2D eigenvalue weighted by Gasteiger charge is -2.29. The molecule has 4 heteroatoms. The van der Waals surface area contributed by atoms with E-state index in [0.29, 0.717) is 12.2 Å². The third kappa shape index (κ3) is 2.13. The molecule has 0 fully saturated rings. The average molecular weight is 270 g/mol. The fraction of sp³-hybridized carbons (Fsp3) is 0.188. The molecule has 102 valence electrons. The van der Waals surface area contributed by atoms with Crippen LogP contribution < -0.4 is 10.6 Å². The molecule has 2 N–H and O–H groups in total. The minimum atomic E-state index is -0.486. The van der Waals surface area contributed by atoms with E-state index in [1.165, 1.54) is 12.1 Å². The second-order valence-corrected chi connectivity index (χ2v) is 4.93. The van der Waals surface area contributed by atoms with E-state index in [-0.39, 0.29) is 11.5 Å². The molecule has 0 unspecified atom stereocenters. The van der Waals surface area contributed by atoms with Crippen LogP contribution in [0, 0.1) is 5.82 Å². The van der Waals surface area contributed by atoms with Crippen LogP contribution in [0.15, 0.2) is 42.5 Å². The van der Waals surface area contributed by atoms with Crippen molar-refractivity contribution in [2.45, 2.75) is 12.8 Å². The van der Waals surface area contributed by atoms with Crippen LogP contribution in [0.5, 0.6) is 0 Å². The first-order chi connectivity index (χ1) is 9.66. The maximum absolute atomic E-state index is 13.8. The van der Waals surface area contributed by atoms with Crippen LogP contribution >= 0.6 is 0 Å². The summed E-state index contributed by atoms with van der Waals surface area (Å²) in [6, 6.07) is 11.6. The van der Waals surface area contributed by atoms with Crippen molar-refractivity contribution in [1.82, 2.24) is 0 Å². The van der Waals surface area contributed by atoms with Gasteiger partial charge in [-0.05, 0) is 48.7 Å². The standard InChI is InChI=1S/C16H15FN2O/c17-14-6-2-1-5-13(14)16(20)19-9-3-4-11-10-12(18)7-8-15(11)19/h1-2,5-8,10H,3-4,9,18H2. The van der Waals surface area contributed by atoms with Gasteiger partial charge in [-0.25, -0.2) is 4.39 Å². The molecule has 0 bridgehead atoms. The van der Waals surface area contributed by atoms with E-state index in [0.717, 1.165) is 24.1 Å². The summed E-state index contributed by atoms with van der Waals surface area (Å²) >= 11 is 0. The van der Waals surface area contributed by atoms with Crippen molar-refractivity contribution in [2.75, 3.05) is 17.2 Å². The van der Waals surface area contributed by atoms with Crippen LogP contribution in [0.4, 0.5) is 15.8 Å². The van der Waals surface area contributed by atoms with Gasteiger partial charge in [0.05, 0.1) is 5.56 Å². The number of anilines is 2. The lowest BCUT2D eigenvalue weighted by Crippen LogP contribution is -2.36. The summed E-state index contributed by atoms with van der Waals surface area (Å²) in [4.78, 5) is 14.2. The molecule has 1 amide bonds. The van der Waals surface area contributed by atoms with E-state index in [2.05, 4.69) is 0 Å². The molecule has 0 radical (unpaired) electrons. The van der Waals surface area contributed by atoms with Gasteiger partial charge in [-0.15, -0.1) is 0 Å². The largest absolute Gasteiger partial charge is 0.399 e. The van der Waals surface area contributed by atoms with E-state index >= 15 is 0 Å². The van der Waals surface area contributed by atoms with Gasteiger partial charge in [0.2, 0.25) is 0 Å². The molecule has 0 aromatic heterocycles. The maximum atomic E-state index is 13.8. The number of hydrogen-bond acceptors (Lipinski definition) is 2. The molecule has 1 heterocycles. The highest BCUT2D eigenvalue weighted by molar-refractivity contribution is 6.07. The predicted octanol–water partition coefficient (Wildman–Crippen LogP) is 3.00. The van der Waals surface area contributed by atoms with Crippen LogP contribution in [0.3, 0.4) is 0 Å². The zero-order valence-electron chi connectivity index (χ0n) is 11.0. The molecule has 1 aliphatic rings. The van der Waals surface area contributed by atoms with Crippen LogP contribution in [-0.4, -0.2) is 12.5 Å². The average Bonchev–Trinajstić information content (AvgIpc) is 2.46. The highest BCUT2D eigenvalue weighted by atomic mass is 19.1. The second kappa shape index (κ2) is 4.96. The molecule has 0 aliphatic carbocycles. The quantitative estimate of drug-likeness (QED) is 0.810. The van der Waals surface area contributed by atoms with Gasteiger partial charge in [0.1, 0.15) is 5.82 Å². The summed E-state index contributed by atoms with van der Waals surface area (Å²) in [5.41, 5.74) is 8.44. The smallest absolute Gasteiger partial charge is 0.261 e. The Morgan fingerprint density at radius 3 is 2.80 bits per heavy atom. The van der Waals surface area contributed by atoms with E-state index in [1.54, 1.807) is 23.1 Å². The molecule has 0 spiro atoms. The Morgan fingerprint density at radius 1 is 1.20 bits per heavy atom. The fourth-order valence-electron chi connectivity index (χ4n) is 2.61. The van der Waals surface area contributed by atoms with Crippen molar-refractivity contribution in [3.63, 3.8) is 0 Å². The number of carbonyl (C=O) groups is 1. The van der Waals surface area contributed by atoms with Gasteiger partial charge in [0.25, 0.3) is 5.91 Å². The van der Waals surface area contributed by atoms with E-state index in [9.17, 15) is 9.18 Å². The molecule has 3 nitrogen and oxygen atoms in total. The zero-order valence-corrected chi connectivity index (χ0v) is 11.0. The van der Waals surface area contributed by atoms with Gasteiger partial charge >= 0.3 is 0 Å². The molecule has 20 heavy (non-hydrogen) atoms. The summed E-state index contributed by atoms with van der Waals surface area (Å²) in [5, 5.41) is 0. The predicted molar refractivity (Wildman–Crippen MR) is 77.3 cm³/mol. The Kier molecular flexibility index (Phi) is 3.14. The summed E-state index contributed by atoms with van der Waals surface area (Å²) < 4.78 is 13.8. The van der Waals surface area contributed by atoms with Crippen molar-refractivity contribution in [3.8, 4) is 0 Å². The van der Waals surface area contributed by atoms with Gasteiger partial charge in [0.15, 0.2) is 0 Å². The summed E-state index contributed by atoms with van der Waals surface area (Å²) in [6.45, 7) is 0.601. The highest BCUT2D eigenvalue weighted by Gasteiger charge is 2.25. The number of aryl methyl sites for hydroxylation is 1. The summed E-state index contributed by atoms with van der Waals surface area (Å²) in [5.74, 6) is -0.783. The van der Waals surface area contributed by atoms with E-state index in [4.69, 9.17) is 5.73 Å². The van der Waals surface area contributed by atoms with Gasteiger partial charge < -0.3 is 10.6 Å². The molecule has 2 aromatic rings. The number of hydrogen-bond donors (Lipinski definition) is 1. The molecular weight excluding hydrogens is 255 g/mol. The second-order valence-electron chi connectivity index (χ2n) is 4.93. The first kappa shape index (κ1) is 12.7. The number of amides is 1. The van der Waals surface area contributed by atoms with Crippen molar-refractivity contribution in [3.05, 3.63) is 59.4 Å². The molecule has 1 aliphatic heterocycles. The number of nitrogen functional groups attached to an aromatic ring is 1. The zero-order chi connectivity index (χ0) is 14.1. The fourth-order valence-corrected chi connectivity index (χ4v) is 2.61. The minimum Gasteiger partial charge on any atom is -0.399 e. The van der Waals surface area contributed by atoms with Gasteiger partial charge in [-0.2, -0.15) is 0 Å². The Morgan fingerprint density at radius 2 is 2.00 bits per heavy atom. The van der Waals surface area contributed by atoms with E-state index < -0.39 is 5.82 Å². The Hall–Kier alpha value is -2.36. The maximum Gasteiger partial charge on any atom is 0.261 e. The molecule has 0 atom stereocenters. The van der Waals surface area contributed by atoms with Crippen molar-refractivity contribution < 1.29 is 9.18 Å². The minimum absolute atomic E-state index is 0.108. The van der Waals surface area contributed by atoms with Crippen molar-refractivity contribution >= 4 is 17.3 Å². The first-order valence-corrected chi connectivity index (χ1v) is 6.61. The Balaban J connectivity index is 2.01. The van der Waals surface area contributed by atoms with Crippen LogP contribution in [0.25, 0.3) is 0 Å². The first-order valence-electron chi connectivity index (χ1n) is 6.61. The molecule has 0 saturated heterocycles. The van der Waals surface area contributed by atoms with Crippen molar-refractivity contribution in [1.29, 1.82) is 0 Å². The number of fused-ring (bicyclic) bond motifs is 1. The number of benzene rings is 2. The third-order valence-electron chi connectivity index (χ3n) is 3.57.